The van der Waals surface area contributed by atoms with Crippen molar-refractivity contribution in [1.82, 2.24) is 10.9 Å². The van der Waals surface area contributed by atoms with Gasteiger partial charge in [0.15, 0.2) is 11.5 Å². The molecule has 0 saturated carbocycles. The summed E-state index contributed by atoms with van der Waals surface area (Å²) in [6.45, 7) is 2.25. The summed E-state index contributed by atoms with van der Waals surface area (Å²) in [4.78, 5) is 25.9. The number of rotatable bonds is 6. The molecule has 0 spiro atoms. The number of halogens is 1. The van der Waals surface area contributed by atoms with E-state index in [-0.39, 0.29) is 5.82 Å². The highest BCUT2D eigenvalue weighted by Gasteiger charge is 2.14. The Morgan fingerprint density at radius 1 is 0.966 bits per heavy atom. The molecule has 8 heteroatoms. The Kier molecular flexibility index (Phi) is 6.46. The van der Waals surface area contributed by atoms with Gasteiger partial charge < -0.3 is 9.47 Å². The molecule has 0 atom stereocenters. The van der Waals surface area contributed by atoms with Crippen LogP contribution in [-0.4, -0.2) is 25.5 Å². The number of carbonyl (C=O) groups excluding carboxylic acids is 2. The molecule has 0 unspecified atom stereocenters. The lowest BCUT2D eigenvalue weighted by atomic mass is 10.2. The zero-order chi connectivity index (χ0) is 20.8. The van der Waals surface area contributed by atoms with Gasteiger partial charge in [-0.2, -0.15) is 0 Å². The lowest BCUT2D eigenvalue weighted by molar-refractivity contribution is 0.0848. The van der Waals surface area contributed by atoms with Crippen molar-refractivity contribution in [2.75, 3.05) is 13.7 Å². The molecule has 1 aromatic heterocycles. The number of nitrogens with one attached hydrogen (secondary N) is 2. The van der Waals surface area contributed by atoms with Crippen LogP contribution in [0.15, 0.2) is 54.6 Å². The molecule has 150 valence electrons. The number of hydrogen-bond acceptors (Lipinski definition) is 5. The van der Waals surface area contributed by atoms with Crippen LogP contribution in [-0.2, 0) is 0 Å². The van der Waals surface area contributed by atoms with Crippen molar-refractivity contribution in [2.45, 2.75) is 6.92 Å². The highest BCUT2D eigenvalue weighted by atomic mass is 32.1. The van der Waals surface area contributed by atoms with Crippen molar-refractivity contribution in [2.24, 2.45) is 0 Å². The second-order valence-electron chi connectivity index (χ2n) is 5.88. The number of methoxy groups -OCH3 is 1. The van der Waals surface area contributed by atoms with E-state index < -0.39 is 11.8 Å². The largest absolute Gasteiger partial charge is 0.493 e. The van der Waals surface area contributed by atoms with E-state index in [2.05, 4.69) is 10.9 Å². The summed E-state index contributed by atoms with van der Waals surface area (Å²) in [6.07, 6.45) is 0. The van der Waals surface area contributed by atoms with E-state index >= 15 is 0 Å². The average molecular weight is 414 g/mol. The highest BCUT2D eigenvalue weighted by molar-refractivity contribution is 7.17. The van der Waals surface area contributed by atoms with Crippen molar-refractivity contribution in [3.63, 3.8) is 0 Å². The van der Waals surface area contributed by atoms with Gasteiger partial charge in [0, 0.05) is 10.4 Å². The first-order valence-electron chi connectivity index (χ1n) is 8.79. The van der Waals surface area contributed by atoms with Crippen LogP contribution in [0.25, 0.3) is 10.4 Å². The predicted octanol–water partition coefficient (Wildman–Crippen LogP) is 4.04. The molecular formula is C21H19FN2O4S. The lowest BCUT2D eigenvalue weighted by Gasteiger charge is -2.11. The van der Waals surface area contributed by atoms with Crippen LogP contribution >= 0.6 is 11.3 Å². The van der Waals surface area contributed by atoms with E-state index in [1.807, 2.05) is 6.92 Å². The molecule has 2 amide bonds. The van der Waals surface area contributed by atoms with Gasteiger partial charge in [0.2, 0.25) is 0 Å². The summed E-state index contributed by atoms with van der Waals surface area (Å²) in [5.41, 5.74) is 5.89. The Morgan fingerprint density at radius 2 is 1.69 bits per heavy atom. The summed E-state index contributed by atoms with van der Waals surface area (Å²) < 4.78 is 23.7. The minimum absolute atomic E-state index is 0.313. The Bertz CT molecular complexity index is 1020. The van der Waals surface area contributed by atoms with Gasteiger partial charge in [0.05, 0.1) is 18.6 Å². The Labute approximate surface area is 171 Å². The Morgan fingerprint density at radius 3 is 2.38 bits per heavy atom. The number of thiophene rings is 1. The maximum atomic E-state index is 13.0. The molecule has 0 aliphatic carbocycles. The molecule has 3 aromatic rings. The van der Waals surface area contributed by atoms with Crippen molar-refractivity contribution in [3.05, 3.63) is 70.9 Å². The van der Waals surface area contributed by atoms with E-state index in [0.717, 1.165) is 10.4 Å². The fourth-order valence-corrected chi connectivity index (χ4v) is 3.47. The molecule has 2 N–H and O–H groups in total. The van der Waals surface area contributed by atoms with Crippen LogP contribution in [0, 0.1) is 5.82 Å². The lowest BCUT2D eigenvalue weighted by Crippen LogP contribution is -2.41. The van der Waals surface area contributed by atoms with E-state index in [9.17, 15) is 14.0 Å². The molecule has 0 bridgehead atoms. The molecule has 2 aromatic carbocycles. The molecule has 0 saturated heterocycles. The number of hydrogen-bond donors (Lipinski definition) is 2. The monoisotopic (exact) mass is 414 g/mol. The van der Waals surface area contributed by atoms with E-state index in [1.165, 1.54) is 30.6 Å². The third-order valence-electron chi connectivity index (χ3n) is 3.97. The minimum Gasteiger partial charge on any atom is -0.493 e. The molecule has 3 rings (SSSR count). The summed E-state index contributed by atoms with van der Waals surface area (Å²) in [5.74, 6) is -0.306. The van der Waals surface area contributed by atoms with Gasteiger partial charge in [0.1, 0.15) is 5.82 Å². The van der Waals surface area contributed by atoms with Crippen molar-refractivity contribution in [3.8, 4) is 21.9 Å². The third-order valence-corrected chi connectivity index (χ3v) is 5.11. The first kappa shape index (κ1) is 20.3. The molecule has 1 heterocycles. The Balaban J connectivity index is 1.64. The van der Waals surface area contributed by atoms with Gasteiger partial charge in [-0.25, -0.2) is 4.39 Å². The molecule has 0 radical (unpaired) electrons. The zero-order valence-electron chi connectivity index (χ0n) is 15.8. The average Bonchev–Trinajstić information content (AvgIpc) is 3.23. The van der Waals surface area contributed by atoms with E-state index in [1.54, 1.807) is 42.5 Å². The first-order chi connectivity index (χ1) is 14.0. The van der Waals surface area contributed by atoms with Crippen LogP contribution in [0.4, 0.5) is 4.39 Å². The van der Waals surface area contributed by atoms with E-state index in [0.29, 0.717) is 28.5 Å². The van der Waals surface area contributed by atoms with Crippen LogP contribution in [0.5, 0.6) is 11.5 Å². The third kappa shape index (κ3) is 4.91. The number of benzene rings is 2. The van der Waals surface area contributed by atoms with Gasteiger partial charge in [-0.05, 0) is 55.0 Å². The summed E-state index contributed by atoms with van der Waals surface area (Å²) >= 11 is 1.24. The zero-order valence-corrected chi connectivity index (χ0v) is 16.6. The second-order valence-corrected chi connectivity index (χ2v) is 6.96. The first-order valence-corrected chi connectivity index (χ1v) is 9.60. The SMILES string of the molecule is CCOc1cc(C(=O)NNC(=O)c2ccc(-c3ccc(F)cc3)s2)ccc1OC. The Hall–Kier alpha value is -3.39. The van der Waals surface area contributed by atoms with E-state index in [4.69, 9.17) is 9.47 Å². The maximum Gasteiger partial charge on any atom is 0.279 e. The highest BCUT2D eigenvalue weighted by Crippen LogP contribution is 2.29. The second kappa shape index (κ2) is 9.20. The normalized spacial score (nSPS) is 10.3. The topological polar surface area (TPSA) is 76.7 Å². The van der Waals surface area contributed by atoms with Gasteiger partial charge >= 0.3 is 0 Å². The molecule has 0 aliphatic heterocycles. The molecule has 0 fully saturated rings. The van der Waals surface area contributed by atoms with Crippen LogP contribution in [0.3, 0.4) is 0 Å². The summed E-state index contributed by atoms with van der Waals surface area (Å²) in [7, 11) is 1.51. The molecule has 29 heavy (non-hydrogen) atoms. The van der Waals surface area contributed by atoms with Gasteiger partial charge in [-0.1, -0.05) is 12.1 Å². The maximum absolute atomic E-state index is 13.0. The fourth-order valence-electron chi connectivity index (χ4n) is 2.56. The van der Waals surface area contributed by atoms with Crippen molar-refractivity contribution < 1.29 is 23.5 Å². The summed E-state index contributed by atoms with van der Waals surface area (Å²) in [6, 6.07) is 14.2. The quantitative estimate of drug-likeness (QED) is 0.597. The van der Waals surface area contributed by atoms with Crippen molar-refractivity contribution in [1.29, 1.82) is 0 Å². The number of ether oxygens (including phenoxy) is 2. The smallest absolute Gasteiger partial charge is 0.279 e. The molecule has 0 aliphatic rings. The molecule has 6 nitrogen and oxygen atoms in total. The van der Waals surface area contributed by atoms with Gasteiger partial charge in [-0.3, -0.25) is 20.4 Å². The van der Waals surface area contributed by atoms with Crippen LogP contribution < -0.4 is 20.3 Å². The van der Waals surface area contributed by atoms with Crippen LogP contribution in [0.2, 0.25) is 0 Å². The standard InChI is InChI=1S/C21H19FN2O4S/c1-3-28-17-12-14(6-9-16(17)27-2)20(25)23-24-21(26)19-11-10-18(29-19)13-4-7-15(22)8-5-13/h4-12H,3H2,1-2H3,(H,23,25)(H,24,26). The van der Waals surface area contributed by atoms with Gasteiger partial charge in [0.25, 0.3) is 11.8 Å². The van der Waals surface area contributed by atoms with Gasteiger partial charge in [-0.15, -0.1) is 11.3 Å². The minimum atomic E-state index is -0.489. The number of carbonyl (C=O) groups is 2. The number of hydrazine groups is 1. The number of amides is 2. The van der Waals surface area contributed by atoms with Crippen molar-refractivity contribution >= 4 is 23.2 Å². The summed E-state index contributed by atoms with van der Waals surface area (Å²) in [5, 5.41) is 0. The van der Waals surface area contributed by atoms with Crippen LogP contribution in [0.1, 0.15) is 27.0 Å². The molecular weight excluding hydrogens is 395 g/mol. The fraction of sp³-hybridized carbons (Fsp3) is 0.143. The predicted molar refractivity (Wildman–Crippen MR) is 109 cm³/mol.